The van der Waals surface area contributed by atoms with E-state index in [9.17, 15) is 18.5 Å². The maximum Gasteiger partial charge on any atom is 0.289 e. The Kier molecular flexibility index (Phi) is 4.30. The molecule has 0 heterocycles. The maximum absolute atomic E-state index is 11.5. The van der Waals surface area contributed by atoms with Gasteiger partial charge in [0.05, 0.1) is 16.4 Å². The van der Waals surface area contributed by atoms with Gasteiger partial charge in [0.1, 0.15) is 5.02 Å². The van der Waals surface area contributed by atoms with Crippen LogP contribution in [-0.2, 0) is 10.0 Å². The van der Waals surface area contributed by atoms with Crippen molar-refractivity contribution in [1.29, 1.82) is 0 Å². The number of hydrogen-bond donors (Lipinski definition) is 1. The summed E-state index contributed by atoms with van der Waals surface area (Å²) in [5.74, 6) is -0.0383. The zero-order valence-corrected chi connectivity index (χ0v) is 10.6. The summed E-state index contributed by atoms with van der Waals surface area (Å²) in [4.78, 5) is 9.94. The number of nitrogens with zero attached hydrogens (tertiary/aromatic N) is 1. The number of benzene rings is 1. The summed E-state index contributed by atoms with van der Waals surface area (Å²) in [6.07, 6.45) is 0.463. The summed E-state index contributed by atoms with van der Waals surface area (Å²) >= 11 is 5.60. The van der Waals surface area contributed by atoms with E-state index < -0.39 is 14.9 Å². The molecule has 0 unspecified atom stereocenters. The highest BCUT2D eigenvalue weighted by Crippen LogP contribution is 2.27. The summed E-state index contributed by atoms with van der Waals surface area (Å²) in [5.41, 5.74) is -0.196. The molecule has 0 aliphatic rings. The molecule has 8 heteroatoms. The fourth-order valence-corrected chi connectivity index (χ4v) is 2.53. The number of nitro groups is 1. The van der Waals surface area contributed by atoms with Crippen LogP contribution in [-0.4, -0.2) is 19.1 Å². The van der Waals surface area contributed by atoms with E-state index in [1.807, 2.05) is 0 Å². The largest absolute Gasteiger partial charge is 0.289 e. The van der Waals surface area contributed by atoms with Gasteiger partial charge in [-0.25, -0.2) is 8.42 Å². The molecule has 6 nitrogen and oxygen atoms in total. The molecule has 0 saturated heterocycles. The van der Waals surface area contributed by atoms with E-state index in [0.717, 1.165) is 6.07 Å². The summed E-state index contributed by atoms with van der Waals surface area (Å²) in [6.45, 7) is 1.73. The van der Waals surface area contributed by atoms with Crippen molar-refractivity contribution in [2.45, 2.75) is 13.3 Å². The van der Waals surface area contributed by atoms with Gasteiger partial charge in [0.2, 0.25) is 10.0 Å². The van der Waals surface area contributed by atoms with Crippen molar-refractivity contribution in [3.63, 3.8) is 0 Å². The summed E-state index contributed by atoms with van der Waals surface area (Å²) in [6, 6.07) is 3.75. The van der Waals surface area contributed by atoms with Crippen molar-refractivity contribution in [1.82, 2.24) is 0 Å². The number of hydrogen-bond acceptors (Lipinski definition) is 4. The smallest absolute Gasteiger partial charge is 0.283 e. The van der Waals surface area contributed by atoms with Gasteiger partial charge in [0.15, 0.2) is 0 Å². The van der Waals surface area contributed by atoms with Gasteiger partial charge in [-0.1, -0.05) is 18.5 Å². The lowest BCUT2D eigenvalue weighted by molar-refractivity contribution is -0.384. The number of nitrogens with one attached hydrogen (secondary N) is 1. The molecular weight excluding hydrogens is 268 g/mol. The van der Waals surface area contributed by atoms with Crippen molar-refractivity contribution in [3.8, 4) is 0 Å². The number of rotatable bonds is 5. The first kappa shape index (κ1) is 13.7. The van der Waals surface area contributed by atoms with E-state index in [1.165, 1.54) is 12.1 Å². The first-order chi connectivity index (χ1) is 7.85. The predicted octanol–water partition coefficient (Wildman–Crippen LogP) is 2.40. The van der Waals surface area contributed by atoms with Crippen LogP contribution in [0.2, 0.25) is 5.02 Å². The predicted molar refractivity (Wildman–Crippen MR) is 65.8 cm³/mol. The molecule has 0 aromatic heterocycles. The minimum Gasteiger partial charge on any atom is -0.283 e. The van der Waals surface area contributed by atoms with Gasteiger partial charge in [0.25, 0.3) is 5.69 Å². The molecule has 0 atom stereocenters. The van der Waals surface area contributed by atoms with E-state index in [0.29, 0.717) is 6.42 Å². The van der Waals surface area contributed by atoms with Gasteiger partial charge in [-0.05, 0) is 18.6 Å². The van der Waals surface area contributed by atoms with Crippen LogP contribution in [0, 0.1) is 10.1 Å². The Morgan fingerprint density at radius 1 is 1.47 bits per heavy atom. The molecular formula is C9H11ClN2O4S. The molecule has 1 rings (SSSR count). The van der Waals surface area contributed by atoms with Crippen LogP contribution in [0.25, 0.3) is 0 Å². The molecule has 0 aliphatic carbocycles. The number of anilines is 1. The third kappa shape index (κ3) is 3.86. The Hall–Kier alpha value is -1.34. The average molecular weight is 279 g/mol. The third-order valence-electron chi connectivity index (χ3n) is 1.89. The second-order valence-corrected chi connectivity index (χ2v) is 5.59. The van der Waals surface area contributed by atoms with Crippen LogP contribution in [0.1, 0.15) is 13.3 Å². The highest BCUT2D eigenvalue weighted by atomic mass is 35.5. The zero-order chi connectivity index (χ0) is 13.1. The lowest BCUT2D eigenvalue weighted by Gasteiger charge is -2.06. The van der Waals surface area contributed by atoms with Crippen LogP contribution >= 0.6 is 11.6 Å². The van der Waals surface area contributed by atoms with Gasteiger partial charge >= 0.3 is 0 Å². The monoisotopic (exact) mass is 278 g/mol. The van der Waals surface area contributed by atoms with Crippen LogP contribution in [0.3, 0.4) is 0 Å². The SMILES string of the molecule is CCCS(=O)(=O)Nc1ccc(Cl)c([N+](=O)[O-])c1. The minimum atomic E-state index is -3.46. The normalized spacial score (nSPS) is 11.2. The third-order valence-corrected chi connectivity index (χ3v) is 3.70. The molecule has 0 spiro atoms. The summed E-state index contributed by atoms with van der Waals surface area (Å²) in [5, 5.41) is 10.6. The van der Waals surface area contributed by atoms with Crippen LogP contribution < -0.4 is 4.72 Å². The van der Waals surface area contributed by atoms with E-state index in [4.69, 9.17) is 11.6 Å². The molecule has 0 saturated carbocycles. The summed E-state index contributed by atoms with van der Waals surface area (Å²) in [7, 11) is -3.46. The lowest BCUT2D eigenvalue weighted by Crippen LogP contribution is -2.16. The fraction of sp³-hybridized carbons (Fsp3) is 0.333. The van der Waals surface area contributed by atoms with E-state index >= 15 is 0 Å². The molecule has 1 N–H and O–H groups in total. The lowest BCUT2D eigenvalue weighted by atomic mass is 10.3. The standard InChI is InChI=1S/C9H11ClN2O4S/c1-2-5-17(15,16)11-7-3-4-8(10)9(6-7)12(13)14/h3-4,6,11H,2,5H2,1H3. The Morgan fingerprint density at radius 3 is 2.65 bits per heavy atom. The molecule has 94 valence electrons. The first-order valence-electron chi connectivity index (χ1n) is 4.80. The molecule has 0 bridgehead atoms. The molecule has 0 aliphatic heterocycles. The summed E-state index contributed by atoms with van der Waals surface area (Å²) < 4.78 is 25.2. The Bertz CT molecular complexity index is 530. The van der Waals surface area contributed by atoms with Crippen LogP contribution in [0.15, 0.2) is 18.2 Å². The van der Waals surface area contributed by atoms with E-state index in [2.05, 4.69) is 4.72 Å². The Balaban J connectivity index is 3.02. The number of nitro benzene ring substituents is 1. The van der Waals surface area contributed by atoms with Gasteiger partial charge in [-0.2, -0.15) is 0 Å². The quantitative estimate of drug-likeness (QED) is 0.661. The number of halogens is 1. The zero-order valence-electron chi connectivity index (χ0n) is 9.01. The van der Waals surface area contributed by atoms with Crippen molar-refractivity contribution in [2.24, 2.45) is 0 Å². The minimum absolute atomic E-state index is 0.0339. The Morgan fingerprint density at radius 2 is 2.12 bits per heavy atom. The highest BCUT2D eigenvalue weighted by Gasteiger charge is 2.15. The van der Waals surface area contributed by atoms with Crippen molar-refractivity contribution >= 4 is 33.0 Å². The molecule has 1 aromatic rings. The maximum atomic E-state index is 11.5. The molecule has 0 radical (unpaired) electrons. The van der Waals surface area contributed by atoms with Gasteiger partial charge in [-0.3, -0.25) is 14.8 Å². The van der Waals surface area contributed by atoms with Crippen molar-refractivity contribution in [2.75, 3.05) is 10.5 Å². The van der Waals surface area contributed by atoms with E-state index in [1.54, 1.807) is 6.92 Å². The first-order valence-corrected chi connectivity index (χ1v) is 6.83. The molecule has 0 fully saturated rings. The second kappa shape index (κ2) is 5.33. The highest BCUT2D eigenvalue weighted by molar-refractivity contribution is 7.92. The molecule has 17 heavy (non-hydrogen) atoms. The average Bonchev–Trinajstić information content (AvgIpc) is 2.20. The van der Waals surface area contributed by atoms with Crippen LogP contribution in [0.4, 0.5) is 11.4 Å². The van der Waals surface area contributed by atoms with Crippen molar-refractivity contribution in [3.05, 3.63) is 33.3 Å². The molecule has 0 amide bonds. The van der Waals surface area contributed by atoms with Gasteiger partial charge < -0.3 is 0 Å². The Labute approximate surface area is 104 Å². The van der Waals surface area contributed by atoms with Gasteiger partial charge in [0, 0.05) is 6.07 Å². The van der Waals surface area contributed by atoms with Gasteiger partial charge in [-0.15, -0.1) is 0 Å². The fourth-order valence-electron chi connectivity index (χ4n) is 1.22. The topological polar surface area (TPSA) is 89.3 Å². The molecule has 1 aromatic carbocycles. The van der Waals surface area contributed by atoms with E-state index in [-0.39, 0.29) is 22.2 Å². The number of sulfonamides is 1. The van der Waals surface area contributed by atoms with Crippen LogP contribution in [0.5, 0.6) is 0 Å². The second-order valence-electron chi connectivity index (χ2n) is 3.34. The van der Waals surface area contributed by atoms with Crippen molar-refractivity contribution < 1.29 is 13.3 Å².